The van der Waals surface area contributed by atoms with Crippen LogP contribution in [0.15, 0.2) is 11.0 Å². The van der Waals surface area contributed by atoms with Crippen molar-refractivity contribution in [2.45, 2.75) is 18.2 Å². The van der Waals surface area contributed by atoms with Gasteiger partial charge in [-0.25, -0.2) is 4.31 Å². The van der Waals surface area contributed by atoms with E-state index < -0.39 is 0 Å². The summed E-state index contributed by atoms with van der Waals surface area (Å²) in [7, 11) is 1.89. The average Bonchev–Trinajstić information content (AvgIpc) is 2.89. The summed E-state index contributed by atoms with van der Waals surface area (Å²) in [6.07, 6.45) is 1.81. The summed E-state index contributed by atoms with van der Waals surface area (Å²) >= 11 is 1.65. The zero-order valence-corrected chi connectivity index (χ0v) is 10.8. The molecule has 17 heavy (non-hydrogen) atoms. The molecule has 0 N–H and O–H groups in total. The Kier molecular flexibility index (Phi) is 3.55. The van der Waals surface area contributed by atoms with Gasteiger partial charge in [-0.05, 0) is 31.4 Å². The summed E-state index contributed by atoms with van der Waals surface area (Å²) < 4.78 is 4.10. The molecule has 2 rings (SSSR count). The Morgan fingerprint density at radius 1 is 1.65 bits per heavy atom. The van der Waals surface area contributed by atoms with E-state index in [2.05, 4.69) is 10.4 Å². The van der Waals surface area contributed by atoms with Gasteiger partial charge in [0.25, 0.3) is 0 Å². The van der Waals surface area contributed by atoms with Crippen LogP contribution in [-0.4, -0.2) is 28.2 Å². The van der Waals surface area contributed by atoms with Crippen LogP contribution in [0.1, 0.15) is 22.6 Å². The number of nitriles is 1. The minimum Gasteiger partial charge on any atom is -0.345 e. The highest BCUT2D eigenvalue weighted by atomic mass is 32.2. The van der Waals surface area contributed by atoms with Gasteiger partial charge in [-0.3, -0.25) is 4.79 Å². The SMILES string of the molecule is Cc1c(SN2CCC(C#N)C2)cc(C=O)n1C. The van der Waals surface area contributed by atoms with Gasteiger partial charge in [-0.2, -0.15) is 5.26 Å². The van der Waals surface area contributed by atoms with E-state index in [4.69, 9.17) is 5.26 Å². The lowest BCUT2D eigenvalue weighted by Crippen LogP contribution is -2.11. The molecule has 2 heterocycles. The summed E-state index contributed by atoms with van der Waals surface area (Å²) in [6, 6.07) is 4.22. The minimum absolute atomic E-state index is 0.150. The minimum atomic E-state index is 0.150. The van der Waals surface area contributed by atoms with E-state index in [9.17, 15) is 4.79 Å². The van der Waals surface area contributed by atoms with Gasteiger partial charge in [0, 0.05) is 30.7 Å². The zero-order valence-electron chi connectivity index (χ0n) is 10.0. The van der Waals surface area contributed by atoms with Crippen molar-refractivity contribution in [2.75, 3.05) is 13.1 Å². The Bertz CT molecular complexity index is 475. The number of carbonyl (C=O) groups is 1. The van der Waals surface area contributed by atoms with Crippen molar-refractivity contribution in [3.05, 3.63) is 17.5 Å². The summed E-state index contributed by atoms with van der Waals surface area (Å²) in [6.45, 7) is 3.76. The van der Waals surface area contributed by atoms with Crippen molar-refractivity contribution in [1.82, 2.24) is 8.87 Å². The van der Waals surface area contributed by atoms with Crippen LogP contribution >= 0.6 is 11.9 Å². The molecule has 1 aliphatic rings. The van der Waals surface area contributed by atoms with Crippen molar-refractivity contribution in [2.24, 2.45) is 13.0 Å². The van der Waals surface area contributed by atoms with Crippen LogP contribution in [-0.2, 0) is 7.05 Å². The Morgan fingerprint density at radius 3 is 2.94 bits per heavy atom. The van der Waals surface area contributed by atoms with Crippen molar-refractivity contribution < 1.29 is 4.79 Å². The molecule has 1 atom stereocenters. The number of hydrogen-bond acceptors (Lipinski definition) is 4. The second kappa shape index (κ2) is 4.94. The average molecular weight is 249 g/mol. The monoisotopic (exact) mass is 249 g/mol. The maximum atomic E-state index is 10.8. The van der Waals surface area contributed by atoms with E-state index in [1.165, 1.54) is 0 Å². The number of hydrogen-bond donors (Lipinski definition) is 0. The van der Waals surface area contributed by atoms with Crippen LogP contribution in [0.3, 0.4) is 0 Å². The van der Waals surface area contributed by atoms with Gasteiger partial charge >= 0.3 is 0 Å². The van der Waals surface area contributed by atoms with Gasteiger partial charge in [0.1, 0.15) is 0 Å². The molecule has 0 bridgehead atoms. The first kappa shape index (κ1) is 12.2. The fraction of sp³-hybridized carbons (Fsp3) is 0.500. The van der Waals surface area contributed by atoms with Crippen LogP contribution in [0.5, 0.6) is 0 Å². The van der Waals surface area contributed by atoms with Gasteiger partial charge in [-0.15, -0.1) is 0 Å². The molecule has 1 aromatic heterocycles. The van der Waals surface area contributed by atoms with E-state index in [-0.39, 0.29) is 5.92 Å². The predicted octanol–water partition coefficient (Wildman–Crippen LogP) is 2.00. The Morgan fingerprint density at radius 2 is 2.41 bits per heavy atom. The van der Waals surface area contributed by atoms with Crippen molar-refractivity contribution in [3.63, 3.8) is 0 Å². The van der Waals surface area contributed by atoms with E-state index in [0.29, 0.717) is 5.69 Å². The maximum Gasteiger partial charge on any atom is 0.166 e. The Hall–Kier alpha value is -1.25. The second-order valence-electron chi connectivity index (χ2n) is 4.29. The van der Waals surface area contributed by atoms with Crippen molar-refractivity contribution in [3.8, 4) is 6.07 Å². The topological polar surface area (TPSA) is 49.0 Å². The Labute approximate surface area is 105 Å². The molecule has 1 fully saturated rings. The fourth-order valence-corrected chi connectivity index (χ4v) is 3.13. The third-order valence-corrected chi connectivity index (χ3v) is 4.41. The molecule has 1 aliphatic heterocycles. The highest BCUT2D eigenvalue weighted by Gasteiger charge is 2.24. The molecule has 0 amide bonds. The lowest BCUT2D eigenvalue weighted by molar-refractivity contribution is 0.111. The molecule has 0 spiro atoms. The third kappa shape index (κ3) is 2.38. The summed E-state index contributed by atoms with van der Waals surface area (Å²) in [5, 5.41) is 8.85. The number of aldehydes is 1. The van der Waals surface area contributed by atoms with Crippen molar-refractivity contribution in [1.29, 1.82) is 5.26 Å². The number of nitrogens with zero attached hydrogens (tertiary/aromatic N) is 3. The number of rotatable bonds is 3. The van der Waals surface area contributed by atoms with Gasteiger partial charge in [-0.1, -0.05) is 0 Å². The lowest BCUT2D eigenvalue weighted by Gasteiger charge is -2.13. The molecule has 1 saturated heterocycles. The number of aromatic nitrogens is 1. The van der Waals surface area contributed by atoms with Gasteiger partial charge in [0.2, 0.25) is 0 Å². The second-order valence-corrected chi connectivity index (χ2v) is 5.43. The lowest BCUT2D eigenvalue weighted by atomic mass is 10.1. The van der Waals surface area contributed by atoms with E-state index in [1.54, 1.807) is 11.9 Å². The first-order valence-electron chi connectivity index (χ1n) is 5.59. The van der Waals surface area contributed by atoms with E-state index in [1.807, 2.05) is 24.6 Å². The van der Waals surface area contributed by atoms with Gasteiger partial charge in [0.05, 0.1) is 17.7 Å². The van der Waals surface area contributed by atoms with Crippen LogP contribution in [0.4, 0.5) is 0 Å². The molecular formula is C12H15N3OS. The largest absolute Gasteiger partial charge is 0.345 e. The zero-order chi connectivity index (χ0) is 12.4. The molecule has 0 saturated carbocycles. The molecule has 0 aliphatic carbocycles. The van der Waals surface area contributed by atoms with Crippen LogP contribution in [0.2, 0.25) is 0 Å². The normalized spacial score (nSPS) is 20.4. The highest BCUT2D eigenvalue weighted by Crippen LogP contribution is 2.32. The molecule has 90 valence electrons. The van der Waals surface area contributed by atoms with Crippen LogP contribution < -0.4 is 0 Å². The highest BCUT2D eigenvalue weighted by molar-refractivity contribution is 7.97. The molecular weight excluding hydrogens is 234 g/mol. The number of carbonyl (C=O) groups excluding carboxylic acids is 1. The van der Waals surface area contributed by atoms with Crippen LogP contribution in [0, 0.1) is 24.2 Å². The van der Waals surface area contributed by atoms with E-state index in [0.717, 1.165) is 36.4 Å². The standard InChI is InChI=1S/C12H15N3OS/c1-9-12(5-11(8-16)14(9)2)17-15-4-3-10(6-13)7-15/h5,8,10H,3-4,7H2,1-2H3. The summed E-state index contributed by atoms with van der Waals surface area (Å²) in [5.74, 6) is 0.150. The molecule has 4 nitrogen and oxygen atoms in total. The first-order chi connectivity index (χ1) is 8.15. The van der Waals surface area contributed by atoms with Gasteiger partial charge < -0.3 is 4.57 Å². The molecule has 1 aromatic rings. The fourth-order valence-electron chi connectivity index (χ4n) is 1.96. The van der Waals surface area contributed by atoms with E-state index >= 15 is 0 Å². The van der Waals surface area contributed by atoms with Gasteiger partial charge in [0.15, 0.2) is 6.29 Å². The quantitative estimate of drug-likeness (QED) is 0.607. The maximum absolute atomic E-state index is 10.8. The van der Waals surface area contributed by atoms with Crippen molar-refractivity contribution >= 4 is 18.2 Å². The molecule has 0 aromatic carbocycles. The molecule has 0 radical (unpaired) electrons. The smallest absolute Gasteiger partial charge is 0.166 e. The molecule has 1 unspecified atom stereocenters. The predicted molar refractivity (Wildman–Crippen MR) is 66.7 cm³/mol. The van der Waals surface area contributed by atoms with Crippen LogP contribution in [0.25, 0.3) is 0 Å². The Balaban J connectivity index is 2.10. The summed E-state index contributed by atoms with van der Waals surface area (Å²) in [4.78, 5) is 11.9. The first-order valence-corrected chi connectivity index (χ1v) is 6.37. The summed E-state index contributed by atoms with van der Waals surface area (Å²) in [5.41, 5.74) is 1.79. The molecule has 5 heteroatoms. The third-order valence-electron chi connectivity index (χ3n) is 3.21.